The Bertz CT molecular complexity index is 502. The molecule has 6 heteroatoms. The lowest BCUT2D eigenvalue weighted by Gasteiger charge is -2.22. The number of rotatable bonds is 7. The Morgan fingerprint density at radius 3 is 2.48 bits per heavy atom. The first-order valence-electron chi connectivity index (χ1n) is 7.17. The number of carbonyl (C=O) groups excluding carboxylic acids is 2. The van der Waals surface area contributed by atoms with Gasteiger partial charge in [0.15, 0.2) is 0 Å². The highest BCUT2D eigenvalue weighted by atomic mass is 16.2. The SMILES string of the molecule is CCCc1cc(C(=O)NC(C)(C)C(N)=O)cc(NCC)n1. The lowest BCUT2D eigenvalue weighted by molar-refractivity contribution is -0.122. The first-order valence-corrected chi connectivity index (χ1v) is 7.17. The number of primary amides is 1. The minimum absolute atomic E-state index is 0.335. The van der Waals surface area contributed by atoms with E-state index in [0.717, 1.165) is 25.1 Å². The molecule has 21 heavy (non-hydrogen) atoms. The molecule has 116 valence electrons. The highest BCUT2D eigenvalue weighted by molar-refractivity contribution is 5.99. The second-order valence-corrected chi connectivity index (χ2v) is 5.46. The lowest BCUT2D eigenvalue weighted by atomic mass is 10.0. The third-order valence-electron chi connectivity index (χ3n) is 3.05. The number of aryl methyl sites for hydroxylation is 1. The molecular formula is C15H24N4O2. The van der Waals surface area contributed by atoms with Gasteiger partial charge in [-0.2, -0.15) is 0 Å². The van der Waals surface area contributed by atoms with Gasteiger partial charge in [-0.15, -0.1) is 0 Å². The molecule has 0 aromatic carbocycles. The number of hydrogen-bond acceptors (Lipinski definition) is 4. The van der Waals surface area contributed by atoms with Crippen molar-refractivity contribution in [1.29, 1.82) is 0 Å². The summed E-state index contributed by atoms with van der Waals surface area (Å²) in [6.07, 6.45) is 1.73. The Morgan fingerprint density at radius 1 is 1.29 bits per heavy atom. The molecule has 0 bridgehead atoms. The molecule has 0 radical (unpaired) electrons. The van der Waals surface area contributed by atoms with Gasteiger partial charge in [0.05, 0.1) is 0 Å². The average molecular weight is 292 g/mol. The normalized spacial score (nSPS) is 11.0. The van der Waals surface area contributed by atoms with Crippen molar-refractivity contribution in [2.45, 2.75) is 46.1 Å². The molecule has 1 heterocycles. The van der Waals surface area contributed by atoms with Crippen molar-refractivity contribution in [2.75, 3.05) is 11.9 Å². The van der Waals surface area contributed by atoms with Gasteiger partial charge >= 0.3 is 0 Å². The molecule has 1 aromatic heterocycles. The molecular weight excluding hydrogens is 268 g/mol. The van der Waals surface area contributed by atoms with Crippen molar-refractivity contribution >= 4 is 17.6 Å². The predicted molar refractivity (Wildman–Crippen MR) is 83.1 cm³/mol. The summed E-state index contributed by atoms with van der Waals surface area (Å²) in [4.78, 5) is 28.1. The molecule has 6 nitrogen and oxygen atoms in total. The van der Waals surface area contributed by atoms with Crippen LogP contribution in [0.5, 0.6) is 0 Å². The first kappa shape index (κ1) is 16.9. The zero-order valence-electron chi connectivity index (χ0n) is 13.1. The summed E-state index contributed by atoms with van der Waals surface area (Å²) in [6, 6.07) is 3.42. The molecule has 0 fully saturated rings. The monoisotopic (exact) mass is 292 g/mol. The van der Waals surface area contributed by atoms with E-state index in [9.17, 15) is 9.59 Å². The van der Waals surface area contributed by atoms with E-state index in [1.54, 1.807) is 26.0 Å². The molecule has 4 N–H and O–H groups in total. The smallest absolute Gasteiger partial charge is 0.252 e. The molecule has 0 unspecified atom stereocenters. The summed E-state index contributed by atoms with van der Waals surface area (Å²) in [5, 5.41) is 5.75. The van der Waals surface area contributed by atoms with Crippen LogP contribution in [0, 0.1) is 0 Å². The molecule has 2 amide bonds. The van der Waals surface area contributed by atoms with Crippen LogP contribution in [-0.4, -0.2) is 28.9 Å². The number of aromatic nitrogens is 1. The number of carbonyl (C=O) groups is 2. The summed E-state index contributed by atoms with van der Waals surface area (Å²) < 4.78 is 0. The van der Waals surface area contributed by atoms with Gasteiger partial charge in [-0.05, 0) is 39.3 Å². The number of amides is 2. The third-order valence-corrected chi connectivity index (χ3v) is 3.05. The van der Waals surface area contributed by atoms with Gasteiger partial charge in [-0.3, -0.25) is 9.59 Å². The maximum atomic E-state index is 12.3. The first-order chi connectivity index (χ1) is 9.80. The van der Waals surface area contributed by atoms with Crippen molar-refractivity contribution in [3.63, 3.8) is 0 Å². The van der Waals surface area contributed by atoms with Crippen LogP contribution in [0.15, 0.2) is 12.1 Å². The van der Waals surface area contributed by atoms with E-state index in [2.05, 4.69) is 22.5 Å². The number of hydrogen-bond donors (Lipinski definition) is 3. The maximum Gasteiger partial charge on any atom is 0.252 e. The lowest BCUT2D eigenvalue weighted by Crippen LogP contribution is -2.53. The van der Waals surface area contributed by atoms with Crippen molar-refractivity contribution in [3.05, 3.63) is 23.4 Å². The molecule has 0 aliphatic carbocycles. The van der Waals surface area contributed by atoms with Gasteiger partial charge in [-0.25, -0.2) is 4.98 Å². The minimum atomic E-state index is -1.09. The topological polar surface area (TPSA) is 97.1 Å². The van der Waals surface area contributed by atoms with E-state index in [1.807, 2.05) is 6.92 Å². The van der Waals surface area contributed by atoms with E-state index >= 15 is 0 Å². The molecule has 1 aromatic rings. The van der Waals surface area contributed by atoms with E-state index in [4.69, 9.17) is 5.73 Å². The Morgan fingerprint density at radius 2 is 1.95 bits per heavy atom. The van der Waals surface area contributed by atoms with Crippen LogP contribution in [-0.2, 0) is 11.2 Å². The van der Waals surface area contributed by atoms with E-state index in [-0.39, 0.29) is 5.91 Å². The summed E-state index contributed by atoms with van der Waals surface area (Å²) in [6.45, 7) is 7.89. The van der Waals surface area contributed by atoms with E-state index in [0.29, 0.717) is 11.4 Å². The van der Waals surface area contributed by atoms with Crippen LogP contribution in [0.25, 0.3) is 0 Å². The van der Waals surface area contributed by atoms with Crippen LogP contribution < -0.4 is 16.4 Å². The number of nitrogens with one attached hydrogen (secondary N) is 2. The number of pyridine rings is 1. The average Bonchev–Trinajstić information content (AvgIpc) is 2.38. The van der Waals surface area contributed by atoms with Crippen molar-refractivity contribution in [1.82, 2.24) is 10.3 Å². The zero-order valence-corrected chi connectivity index (χ0v) is 13.1. The second-order valence-electron chi connectivity index (χ2n) is 5.46. The summed E-state index contributed by atoms with van der Waals surface area (Å²) in [5.74, 6) is -0.256. The molecule has 0 aliphatic heterocycles. The zero-order chi connectivity index (χ0) is 16.0. The fourth-order valence-electron chi connectivity index (χ4n) is 1.79. The summed E-state index contributed by atoms with van der Waals surface area (Å²) in [5.41, 5.74) is 5.50. The van der Waals surface area contributed by atoms with Crippen molar-refractivity contribution in [3.8, 4) is 0 Å². The van der Waals surface area contributed by atoms with Crippen LogP contribution in [0.4, 0.5) is 5.82 Å². The molecule has 0 atom stereocenters. The van der Waals surface area contributed by atoms with Crippen LogP contribution in [0.2, 0.25) is 0 Å². The Hall–Kier alpha value is -2.11. The predicted octanol–water partition coefficient (Wildman–Crippen LogP) is 1.46. The highest BCUT2D eigenvalue weighted by Crippen LogP contribution is 2.13. The standard InChI is InChI=1S/C15H24N4O2/c1-5-7-11-8-10(9-12(18-11)17-6-2)13(20)19-15(3,4)14(16)21/h8-9H,5-7H2,1-4H3,(H2,16,21)(H,17,18)(H,19,20). The van der Waals surface area contributed by atoms with Crippen LogP contribution >= 0.6 is 0 Å². The molecule has 1 rings (SSSR count). The minimum Gasteiger partial charge on any atom is -0.370 e. The Balaban J connectivity index is 3.04. The van der Waals surface area contributed by atoms with Gasteiger partial charge in [-0.1, -0.05) is 13.3 Å². The quantitative estimate of drug-likeness (QED) is 0.708. The van der Waals surface area contributed by atoms with Gasteiger partial charge in [0.2, 0.25) is 5.91 Å². The van der Waals surface area contributed by atoms with E-state index < -0.39 is 11.4 Å². The molecule has 0 saturated heterocycles. The molecule has 0 saturated carbocycles. The van der Waals surface area contributed by atoms with Crippen molar-refractivity contribution < 1.29 is 9.59 Å². The molecule has 0 spiro atoms. The van der Waals surface area contributed by atoms with Gasteiger partial charge in [0, 0.05) is 17.8 Å². The Labute approximate surface area is 125 Å². The van der Waals surface area contributed by atoms with E-state index in [1.165, 1.54) is 0 Å². The fraction of sp³-hybridized carbons (Fsp3) is 0.533. The second kappa shape index (κ2) is 7.06. The van der Waals surface area contributed by atoms with Crippen molar-refractivity contribution in [2.24, 2.45) is 5.73 Å². The Kier molecular flexibility index (Phi) is 5.69. The summed E-state index contributed by atoms with van der Waals surface area (Å²) >= 11 is 0. The maximum absolute atomic E-state index is 12.3. The third kappa shape index (κ3) is 4.73. The number of anilines is 1. The number of nitrogens with zero attached hydrogens (tertiary/aromatic N) is 1. The number of nitrogens with two attached hydrogens (primary N) is 1. The largest absolute Gasteiger partial charge is 0.370 e. The molecule has 0 aliphatic rings. The van der Waals surface area contributed by atoms with Crippen LogP contribution in [0.1, 0.15) is 50.2 Å². The van der Waals surface area contributed by atoms with Gasteiger partial charge < -0.3 is 16.4 Å². The summed E-state index contributed by atoms with van der Waals surface area (Å²) in [7, 11) is 0. The van der Waals surface area contributed by atoms with Crippen LogP contribution in [0.3, 0.4) is 0 Å². The van der Waals surface area contributed by atoms with Gasteiger partial charge in [0.25, 0.3) is 5.91 Å². The highest BCUT2D eigenvalue weighted by Gasteiger charge is 2.27. The fourth-order valence-corrected chi connectivity index (χ4v) is 1.79. The van der Waals surface area contributed by atoms with Gasteiger partial charge in [0.1, 0.15) is 11.4 Å².